The molecule has 0 amide bonds. The lowest BCUT2D eigenvalue weighted by Crippen LogP contribution is -2.21. The van der Waals surface area contributed by atoms with Gasteiger partial charge in [0, 0.05) is 0 Å². The molecular weight excluding hydrogens is 270 g/mol. The first-order valence-electron chi connectivity index (χ1n) is 6.14. The number of ether oxygens (including phenoxy) is 1. The van der Waals surface area contributed by atoms with Gasteiger partial charge in [0.25, 0.3) is 0 Å². The molecule has 0 bridgehead atoms. The fraction of sp³-hybridized carbons (Fsp3) is 0.0625. The van der Waals surface area contributed by atoms with E-state index in [-0.39, 0.29) is 18.5 Å². The van der Waals surface area contributed by atoms with E-state index in [1.54, 1.807) is 6.07 Å². The number of quaternary nitrogens is 1. The van der Waals surface area contributed by atoms with E-state index in [9.17, 15) is 9.90 Å². The Labute approximate surface area is 121 Å². The molecule has 0 saturated carbocycles. The standard InChI is InChI=1S/C16H12O4.H3N/c17-16(18)15-8-7-14(20-15)10-19-13-6-5-11-3-1-2-4-12(11)9-13;/h1-9H,10H2,(H,17,18);1H3. The molecule has 3 rings (SSSR count). The van der Waals surface area contributed by atoms with Crippen molar-refractivity contribution in [2.24, 2.45) is 0 Å². The molecule has 0 aliphatic heterocycles. The van der Waals surface area contributed by atoms with Crippen molar-refractivity contribution in [1.82, 2.24) is 6.15 Å². The van der Waals surface area contributed by atoms with Gasteiger partial charge in [0.15, 0.2) is 0 Å². The van der Waals surface area contributed by atoms with Gasteiger partial charge < -0.3 is 25.2 Å². The zero-order chi connectivity index (χ0) is 13.9. The summed E-state index contributed by atoms with van der Waals surface area (Å²) in [4.78, 5) is 10.6. The Morgan fingerprint density at radius 1 is 1.05 bits per heavy atom. The van der Waals surface area contributed by atoms with E-state index >= 15 is 0 Å². The maximum absolute atomic E-state index is 10.6. The summed E-state index contributed by atoms with van der Waals surface area (Å²) in [7, 11) is 0. The average Bonchev–Trinajstić information content (AvgIpc) is 2.94. The van der Waals surface area contributed by atoms with E-state index in [2.05, 4.69) is 0 Å². The first kappa shape index (κ1) is 14.6. The molecule has 0 atom stereocenters. The summed E-state index contributed by atoms with van der Waals surface area (Å²) in [6.45, 7) is 0.172. The molecule has 0 radical (unpaired) electrons. The number of fused-ring (bicyclic) bond motifs is 1. The Bertz CT molecular complexity index is 764. The zero-order valence-electron chi connectivity index (χ0n) is 11.5. The summed E-state index contributed by atoms with van der Waals surface area (Å²) < 4.78 is 10.7. The molecule has 1 heterocycles. The lowest BCUT2D eigenvalue weighted by atomic mass is 10.1. The van der Waals surface area contributed by atoms with Crippen LogP contribution in [0.3, 0.4) is 0 Å². The maximum Gasteiger partial charge on any atom is 0.149 e. The number of hydrogen-bond acceptors (Lipinski definition) is 4. The van der Waals surface area contributed by atoms with Gasteiger partial charge >= 0.3 is 0 Å². The molecule has 5 nitrogen and oxygen atoms in total. The Hall–Kier alpha value is -2.79. The third-order valence-corrected chi connectivity index (χ3v) is 2.96. The van der Waals surface area contributed by atoms with Crippen LogP contribution in [0.1, 0.15) is 16.3 Å². The Morgan fingerprint density at radius 2 is 1.81 bits per heavy atom. The fourth-order valence-electron chi connectivity index (χ4n) is 1.98. The van der Waals surface area contributed by atoms with Gasteiger partial charge in [-0.1, -0.05) is 30.3 Å². The molecule has 0 aliphatic carbocycles. The predicted molar refractivity (Wildman–Crippen MR) is 77.3 cm³/mol. The molecule has 1 aromatic heterocycles. The Kier molecular flexibility index (Phi) is 4.25. The predicted octanol–water partition coefficient (Wildman–Crippen LogP) is 2.75. The van der Waals surface area contributed by atoms with E-state index in [1.807, 2.05) is 42.5 Å². The second kappa shape index (κ2) is 6.11. The van der Waals surface area contributed by atoms with E-state index in [1.165, 1.54) is 6.07 Å². The van der Waals surface area contributed by atoms with Gasteiger partial charge in [-0.05, 0) is 35.0 Å². The van der Waals surface area contributed by atoms with Gasteiger partial charge in [-0.25, -0.2) is 0 Å². The number of carboxylic acid groups (broad SMARTS) is 1. The van der Waals surface area contributed by atoms with Crippen molar-refractivity contribution in [3.8, 4) is 5.75 Å². The van der Waals surface area contributed by atoms with Crippen LogP contribution in [0.2, 0.25) is 0 Å². The summed E-state index contributed by atoms with van der Waals surface area (Å²) >= 11 is 0. The summed E-state index contributed by atoms with van der Waals surface area (Å²) in [6.07, 6.45) is 0. The Balaban J connectivity index is 0.00000161. The van der Waals surface area contributed by atoms with E-state index in [4.69, 9.17) is 9.15 Å². The quantitative estimate of drug-likeness (QED) is 0.796. The topological polar surface area (TPSA) is 99.0 Å². The van der Waals surface area contributed by atoms with Crippen molar-refractivity contribution in [3.05, 3.63) is 66.1 Å². The van der Waals surface area contributed by atoms with Crippen LogP contribution in [0.5, 0.6) is 5.75 Å². The highest BCUT2D eigenvalue weighted by atomic mass is 16.5. The van der Waals surface area contributed by atoms with Crippen molar-refractivity contribution in [3.63, 3.8) is 0 Å². The molecule has 0 spiro atoms. The number of furan rings is 1. The van der Waals surface area contributed by atoms with Crippen molar-refractivity contribution >= 4 is 16.7 Å². The van der Waals surface area contributed by atoms with Crippen molar-refractivity contribution in [2.45, 2.75) is 6.61 Å². The van der Waals surface area contributed by atoms with Gasteiger partial charge in [-0.15, -0.1) is 0 Å². The molecular formula is C16H15NO4. The fourth-order valence-corrected chi connectivity index (χ4v) is 1.98. The van der Waals surface area contributed by atoms with Crippen LogP contribution in [-0.4, -0.2) is 5.97 Å². The molecule has 21 heavy (non-hydrogen) atoms. The summed E-state index contributed by atoms with van der Waals surface area (Å²) in [5.41, 5.74) is 0. The van der Waals surface area contributed by atoms with E-state index < -0.39 is 5.97 Å². The van der Waals surface area contributed by atoms with Gasteiger partial charge in [0.05, 0.1) is 0 Å². The van der Waals surface area contributed by atoms with Gasteiger partial charge in [0.2, 0.25) is 0 Å². The van der Waals surface area contributed by atoms with Gasteiger partial charge in [-0.3, -0.25) is 0 Å². The third kappa shape index (κ3) is 3.21. The minimum Gasteiger partial charge on any atom is -0.542 e. The van der Waals surface area contributed by atoms with Crippen LogP contribution >= 0.6 is 0 Å². The molecule has 0 saturated heterocycles. The monoisotopic (exact) mass is 285 g/mol. The first-order valence-corrected chi connectivity index (χ1v) is 6.14. The number of carbonyl (C=O) groups is 1. The number of hydrogen-bond donors (Lipinski definition) is 1. The van der Waals surface area contributed by atoms with E-state index in [0.29, 0.717) is 11.5 Å². The zero-order valence-corrected chi connectivity index (χ0v) is 11.5. The first-order chi connectivity index (χ1) is 9.72. The lowest BCUT2D eigenvalue weighted by Gasteiger charge is -2.05. The molecule has 4 N–H and O–H groups in total. The largest absolute Gasteiger partial charge is 0.542 e. The number of rotatable bonds is 4. The molecule has 5 heteroatoms. The number of benzene rings is 2. The molecule has 2 aromatic carbocycles. The SMILES string of the molecule is O=C([O-])c1ccc(COc2ccc3ccccc3c2)o1.[NH4+]. The minimum absolute atomic E-state index is 0. The number of carboxylic acids is 1. The molecule has 3 aromatic rings. The van der Waals surface area contributed by atoms with Crippen LogP contribution in [0.15, 0.2) is 59.0 Å². The van der Waals surface area contributed by atoms with Crippen LogP contribution < -0.4 is 16.0 Å². The molecule has 0 fully saturated rings. The Morgan fingerprint density at radius 3 is 2.52 bits per heavy atom. The third-order valence-electron chi connectivity index (χ3n) is 2.96. The second-order valence-electron chi connectivity index (χ2n) is 4.35. The summed E-state index contributed by atoms with van der Waals surface area (Å²) in [5, 5.41) is 12.8. The van der Waals surface area contributed by atoms with Crippen molar-refractivity contribution in [2.75, 3.05) is 0 Å². The highest BCUT2D eigenvalue weighted by Gasteiger charge is 2.04. The van der Waals surface area contributed by atoms with Crippen LogP contribution in [0.4, 0.5) is 0 Å². The van der Waals surface area contributed by atoms with Crippen LogP contribution in [0.25, 0.3) is 10.8 Å². The smallest absolute Gasteiger partial charge is 0.149 e. The molecule has 0 aliphatic rings. The van der Waals surface area contributed by atoms with Crippen molar-refractivity contribution < 1.29 is 19.1 Å². The highest BCUT2D eigenvalue weighted by Crippen LogP contribution is 2.21. The van der Waals surface area contributed by atoms with Crippen LogP contribution in [0, 0.1) is 0 Å². The summed E-state index contributed by atoms with van der Waals surface area (Å²) in [6, 6.07) is 16.7. The van der Waals surface area contributed by atoms with Gasteiger partial charge in [-0.2, -0.15) is 0 Å². The maximum atomic E-state index is 10.6. The van der Waals surface area contributed by atoms with Gasteiger partial charge in [0.1, 0.15) is 29.8 Å². The second-order valence-corrected chi connectivity index (χ2v) is 4.35. The summed E-state index contributed by atoms with van der Waals surface area (Å²) in [5.74, 6) is -0.378. The minimum atomic E-state index is -1.33. The normalized spacial score (nSPS) is 10.1. The lowest BCUT2D eigenvalue weighted by molar-refractivity contribution is -0.257. The van der Waals surface area contributed by atoms with E-state index in [0.717, 1.165) is 10.8 Å². The number of carbonyl (C=O) groups excluding carboxylic acids is 1. The number of aromatic carboxylic acids is 1. The van der Waals surface area contributed by atoms with Crippen molar-refractivity contribution in [1.29, 1.82) is 0 Å². The van der Waals surface area contributed by atoms with Crippen LogP contribution in [-0.2, 0) is 6.61 Å². The molecule has 108 valence electrons. The molecule has 0 unspecified atom stereocenters. The highest BCUT2D eigenvalue weighted by molar-refractivity contribution is 5.83. The average molecular weight is 285 g/mol.